The summed E-state index contributed by atoms with van der Waals surface area (Å²) in [6.07, 6.45) is -3.79. The second-order valence-electron chi connectivity index (χ2n) is 5.55. The topological polar surface area (TPSA) is 117 Å². The predicted molar refractivity (Wildman–Crippen MR) is 92.3 cm³/mol. The number of fused-ring (bicyclic) bond motifs is 1. The molecule has 2 aromatic heterocycles. The number of halogens is 5. The van der Waals surface area contributed by atoms with Gasteiger partial charge in [-0.05, 0) is 18.2 Å². The Morgan fingerprint density at radius 2 is 1.90 bits per heavy atom. The highest BCUT2D eigenvalue weighted by molar-refractivity contribution is 6.04. The lowest BCUT2D eigenvalue weighted by Crippen LogP contribution is -2.29. The summed E-state index contributed by atoms with van der Waals surface area (Å²) in [6.45, 7) is -0.747. The van der Waals surface area contributed by atoms with Crippen molar-refractivity contribution < 1.29 is 37.4 Å². The van der Waals surface area contributed by atoms with Gasteiger partial charge in [-0.1, -0.05) is 0 Å². The SMILES string of the molecule is Cl.O=C(O)CNC(=O)c1c(O)cc(-c2cc(C(F)(F)F)ccc2F)n2ncnc12. The molecule has 0 fully saturated rings. The highest BCUT2D eigenvalue weighted by atomic mass is 35.5. The summed E-state index contributed by atoms with van der Waals surface area (Å²) in [6, 6.07) is 2.56. The number of hydrogen-bond donors (Lipinski definition) is 3. The van der Waals surface area contributed by atoms with Crippen LogP contribution in [0.1, 0.15) is 15.9 Å². The maximum Gasteiger partial charge on any atom is 0.416 e. The van der Waals surface area contributed by atoms with E-state index in [0.717, 1.165) is 16.9 Å². The number of hydrogen-bond acceptors (Lipinski definition) is 5. The van der Waals surface area contributed by atoms with E-state index in [4.69, 9.17) is 5.11 Å². The smallest absolute Gasteiger partial charge is 0.416 e. The van der Waals surface area contributed by atoms with Crippen molar-refractivity contribution in [2.75, 3.05) is 6.54 Å². The minimum absolute atomic E-state index is 0. The fourth-order valence-electron chi connectivity index (χ4n) is 2.52. The zero-order valence-electron chi connectivity index (χ0n) is 14.1. The largest absolute Gasteiger partial charge is 0.507 e. The average molecular weight is 435 g/mol. The molecule has 3 rings (SSSR count). The molecular formula is C16H11ClF4N4O4. The Hall–Kier alpha value is -3.41. The number of carbonyl (C=O) groups is 2. The van der Waals surface area contributed by atoms with Gasteiger partial charge in [0.1, 0.15) is 30.0 Å². The molecule has 1 aromatic carbocycles. The molecule has 29 heavy (non-hydrogen) atoms. The molecule has 1 amide bonds. The first-order valence-electron chi connectivity index (χ1n) is 7.52. The van der Waals surface area contributed by atoms with Crippen molar-refractivity contribution in [1.82, 2.24) is 19.9 Å². The highest BCUT2D eigenvalue weighted by Gasteiger charge is 2.32. The van der Waals surface area contributed by atoms with Crippen LogP contribution in [0.25, 0.3) is 16.9 Å². The van der Waals surface area contributed by atoms with Crippen molar-refractivity contribution in [2.45, 2.75) is 6.18 Å². The van der Waals surface area contributed by atoms with Crippen LogP contribution in [-0.2, 0) is 11.0 Å². The first-order chi connectivity index (χ1) is 13.1. The predicted octanol–water partition coefficient (Wildman–Crippen LogP) is 2.50. The summed E-state index contributed by atoms with van der Waals surface area (Å²) in [5.74, 6) is -4.11. The lowest BCUT2D eigenvalue weighted by Gasteiger charge is -2.13. The van der Waals surface area contributed by atoms with Crippen LogP contribution in [0.2, 0.25) is 0 Å². The molecule has 154 valence electrons. The Bertz CT molecular complexity index is 1100. The Kier molecular flexibility index (Phi) is 5.97. The van der Waals surface area contributed by atoms with Crippen LogP contribution >= 0.6 is 12.4 Å². The molecule has 0 atom stereocenters. The van der Waals surface area contributed by atoms with Crippen LogP contribution in [-0.4, -0.2) is 43.2 Å². The number of aliphatic carboxylic acids is 1. The van der Waals surface area contributed by atoms with E-state index in [2.05, 4.69) is 10.1 Å². The summed E-state index contributed by atoms with van der Waals surface area (Å²) in [5.41, 5.74) is -2.70. The average Bonchev–Trinajstić information content (AvgIpc) is 3.07. The number of aromatic nitrogens is 3. The fourth-order valence-corrected chi connectivity index (χ4v) is 2.52. The van der Waals surface area contributed by atoms with Crippen LogP contribution in [0, 0.1) is 5.82 Å². The van der Waals surface area contributed by atoms with E-state index in [-0.39, 0.29) is 23.7 Å². The van der Waals surface area contributed by atoms with Gasteiger partial charge in [0, 0.05) is 11.6 Å². The van der Waals surface area contributed by atoms with Crippen LogP contribution in [0.4, 0.5) is 17.6 Å². The number of carbonyl (C=O) groups excluding carboxylic acids is 1. The number of pyridine rings is 1. The lowest BCUT2D eigenvalue weighted by atomic mass is 10.0. The quantitative estimate of drug-likeness (QED) is 0.543. The zero-order chi connectivity index (χ0) is 20.6. The number of benzene rings is 1. The number of rotatable bonds is 4. The molecule has 3 N–H and O–H groups in total. The second-order valence-corrected chi connectivity index (χ2v) is 5.55. The van der Waals surface area contributed by atoms with Crippen LogP contribution < -0.4 is 5.32 Å². The monoisotopic (exact) mass is 434 g/mol. The summed E-state index contributed by atoms with van der Waals surface area (Å²) >= 11 is 0. The second kappa shape index (κ2) is 7.91. The molecule has 0 aliphatic heterocycles. The molecule has 8 nitrogen and oxygen atoms in total. The maximum absolute atomic E-state index is 14.2. The molecule has 0 saturated carbocycles. The van der Waals surface area contributed by atoms with Gasteiger partial charge in [-0.3, -0.25) is 9.59 Å². The lowest BCUT2D eigenvalue weighted by molar-refractivity contribution is -0.138. The minimum Gasteiger partial charge on any atom is -0.507 e. The van der Waals surface area contributed by atoms with E-state index in [9.17, 15) is 32.3 Å². The molecule has 0 radical (unpaired) electrons. The molecule has 0 aliphatic rings. The fraction of sp³-hybridized carbons (Fsp3) is 0.125. The number of aromatic hydroxyl groups is 1. The van der Waals surface area contributed by atoms with E-state index in [1.54, 1.807) is 0 Å². The van der Waals surface area contributed by atoms with E-state index in [1.807, 2.05) is 5.32 Å². The molecule has 0 unspecified atom stereocenters. The first-order valence-corrected chi connectivity index (χ1v) is 7.52. The van der Waals surface area contributed by atoms with Gasteiger partial charge in [0.25, 0.3) is 5.91 Å². The molecule has 0 saturated heterocycles. The Morgan fingerprint density at radius 1 is 1.21 bits per heavy atom. The highest BCUT2D eigenvalue weighted by Crippen LogP contribution is 2.35. The zero-order valence-corrected chi connectivity index (χ0v) is 14.9. The molecule has 0 spiro atoms. The van der Waals surface area contributed by atoms with E-state index < -0.39 is 52.9 Å². The van der Waals surface area contributed by atoms with Crippen molar-refractivity contribution in [1.29, 1.82) is 0 Å². The van der Waals surface area contributed by atoms with Crippen LogP contribution in [0.5, 0.6) is 5.75 Å². The van der Waals surface area contributed by atoms with Gasteiger partial charge in [0.05, 0.1) is 11.3 Å². The number of nitrogens with one attached hydrogen (secondary N) is 1. The third-order valence-electron chi connectivity index (χ3n) is 3.73. The summed E-state index contributed by atoms with van der Waals surface area (Å²) in [4.78, 5) is 26.5. The Balaban J connectivity index is 0.00000300. The third kappa shape index (κ3) is 4.21. The standard InChI is InChI=1S/C16H10F4N4O4.ClH/c17-9-2-1-7(16(18,19)20)3-8(9)10-4-11(25)13(14-22-6-23-24(10)14)15(28)21-5-12(26)27;/h1-4,6,25H,5H2,(H,21,28)(H,26,27);1H. The molecular weight excluding hydrogens is 424 g/mol. The van der Waals surface area contributed by atoms with Crippen molar-refractivity contribution in [3.05, 3.63) is 47.5 Å². The summed E-state index contributed by atoms with van der Waals surface area (Å²) in [5, 5.41) is 24.6. The van der Waals surface area contributed by atoms with Crippen molar-refractivity contribution in [3.63, 3.8) is 0 Å². The van der Waals surface area contributed by atoms with Crippen LogP contribution in [0.15, 0.2) is 30.6 Å². The summed E-state index contributed by atoms with van der Waals surface area (Å²) in [7, 11) is 0. The summed E-state index contributed by atoms with van der Waals surface area (Å²) < 4.78 is 54.0. The molecule has 3 aromatic rings. The van der Waals surface area contributed by atoms with Crippen molar-refractivity contribution >= 4 is 29.9 Å². The van der Waals surface area contributed by atoms with Gasteiger partial charge in [-0.2, -0.15) is 18.3 Å². The van der Waals surface area contributed by atoms with Crippen molar-refractivity contribution in [2.24, 2.45) is 0 Å². The molecule has 0 bridgehead atoms. The van der Waals surface area contributed by atoms with E-state index in [0.29, 0.717) is 18.2 Å². The number of nitrogens with zero attached hydrogens (tertiary/aromatic N) is 3. The van der Waals surface area contributed by atoms with Crippen LogP contribution in [0.3, 0.4) is 0 Å². The normalized spacial score (nSPS) is 11.2. The number of alkyl halides is 3. The van der Waals surface area contributed by atoms with Gasteiger partial charge in [0.15, 0.2) is 5.65 Å². The molecule has 13 heteroatoms. The van der Waals surface area contributed by atoms with Gasteiger partial charge >= 0.3 is 12.1 Å². The minimum atomic E-state index is -4.73. The van der Waals surface area contributed by atoms with Gasteiger partial charge in [-0.15, -0.1) is 12.4 Å². The molecule has 0 aliphatic carbocycles. The number of amides is 1. The third-order valence-corrected chi connectivity index (χ3v) is 3.73. The molecule has 2 heterocycles. The van der Waals surface area contributed by atoms with Gasteiger partial charge < -0.3 is 15.5 Å². The first kappa shape index (κ1) is 21.9. The van der Waals surface area contributed by atoms with E-state index in [1.165, 1.54) is 0 Å². The Labute approximate surface area is 165 Å². The van der Waals surface area contributed by atoms with E-state index >= 15 is 0 Å². The van der Waals surface area contributed by atoms with Crippen molar-refractivity contribution in [3.8, 4) is 17.0 Å². The maximum atomic E-state index is 14.2. The Morgan fingerprint density at radius 3 is 2.52 bits per heavy atom. The van der Waals surface area contributed by atoms with Gasteiger partial charge in [-0.25, -0.2) is 13.9 Å². The number of carboxylic acids is 1. The number of carboxylic acid groups (broad SMARTS) is 1. The van der Waals surface area contributed by atoms with Gasteiger partial charge in [0.2, 0.25) is 0 Å².